The van der Waals surface area contributed by atoms with Gasteiger partial charge in [-0.2, -0.15) is 0 Å². The fourth-order valence-electron chi connectivity index (χ4n) is 3.33. The number of aliphatic hydroxyl groups is 1. The van der Waals surface area contributed by atoms with Gasteiger partial charge in [0.1, 0.15) is 11.9 Å². The number of benzene rings is 3. The number of carbonyl (C=O) groups excluding carboxylic acids is 1. The molecule has 0 unspecified atom stereocenters. The zero-order chi connectivity index (χ0) is 20.1. The van der Waals surface area contributed by atoms with Crippen LogP contribution >= 0.6 is 0 Å². The summed E-state index contributed by atoms with van der Waals surface area (Å²) in [4.78, 5) is 12.7. The number of rotatable bonds is 6. The average molecular weight is 379 g/mol. The van der Waals surface area contributed by atoms with Crippen molar-refractivity contribution < 1.29 is 19.7 Å². The standard InChI is InChI=1S/C23H25NO4/c1-23(2,14-15-25)21(17-10-12-18(26)13-11-17)28-22(27)24-20-9-5-7-16-6-3-4-8-19(16)20/h3-13,21,25-26H,14-15H2,1-2H3,(H,24,27)/t21-/m1/s1. The molecular weight excluding hydrogens is 354 g/mol. The fraction of sp³-hybridized carbons (Fsp3) is 0.261. The first kappa shape index (κ1) is 19.7. The van der Waals surface area contributed by atoms with Crippen molar-refractivity contribution in [2.75, 3.05) is 11.9 Å². The molecule has 0 saturated heterocycles. The lowest BCUT2D eigenvalue weighted by Gasteiger charge is -2.33. The quantitative estimate of drug-likeness (QED) is 0.547. The molecule has 0 bridgehead atoms. The molecule has 5 heteroatoms. The van der Waals surface area contributed by atoms with Crippen LogP contribution in [-0.2, 0) is 4.74 Å². The van der Waals surface area contributed by atoms with Crippen molar-refractivity contribution in [1.29, 1.82) is 0 Å². The molecule has 0 aromatic heterocycles. The minimum absolute atomic E-state index is 0.0180. The number of phenols is 1. The van der Waals surface area contributed by atoms with Gasteiger partial charge in [-0.15, -0.1) is 0 Å². The Labute approximate surface area is 164 Å². The lowest BCUT2D eigenvalue weighted by molar-refractivity contribution is 0.0152. The van der Waals surface area contributed by atoms with E-state index in [1.54, 1.807) is 24.3 Å². The zero-order valence-corrected chi connectivity index (χ0v) is 16.1. The summed E-state index contributed by atoms with van der Waals surface area (Å²) in [6.07, 6.45) is -0.698. The van der Waals surface area contributed by atoms with Crippen LogP contribution in [0.15, 0.2) is 66.7 Å². The number of aliphatic hydroxyl groups excluding tert-OH is 1. The van der Waals surface area contributed by atoms with Gasteiger partial charge in [0.25, 0.3) is 0 Å². The largest absolute Gasteiger partial charge is 0.508 e. The molecule has 0 radical (unpaired) electrons. The van der Waals surface area contributed by atoms with Crippen LogP contribution in [0.5, 0.6) is 5.75 Å². The summed E-state index contributed by atoms with van der Waals surface area (Å²) in [5.41, 5.74) is 0.929. The van der Waals surface area contributed by atoms with E-state index >= 15 is 0 Å². The second kappa shape index (κ2) is 8.31. The maximum Gasteiger partial charge on any atom is 0.412 e. The molecule has 3 aromatic carbocycles. The molecule has 0 spiro atoms. The van der Waals surface area contributed by atoms with Crippen LogP contribution in [0.2, 0.25) is 0 Å². The maximum absolute atomic E-state index is 12.7. The summed E-state index contributed by atoms with van der Waals surface area (Å²) in [7, 11) is 0. The number of ether oxygens (including phenoxy) is 1. The number of fused-ring (bicyclic) bond motifs is 1. The first-order valence-electron chi connectivity index (χ1n) is 9.26. The molecule has 0 fully saturated rings. The highest BCUT2D eigenvalue weighted by Gasteiger charge is 2.34. The van der Waals surface area contributed by atoms with Crippen molar-refractivity contribution in [3.8, 4) is 5.75 Å². The van der Waals surface area contributed by atoms with Gasteiger partial charge >= 0.3 is 6.09 Å². The molecule has 28 heavy (non-hydrogen) atoms. The summed E-state index contributed by atoms with van der Waals surface area (Å²) in [6, 6.07) is 20.1. The highest BCUT2D eigenvalue weighted by atomic mass is 16.6. The van der Waals surface area contributed by atoms with E-state index in [9.17, 15) is 15.0 Å². The van der Waals surface area contributed by atoms with Gasteiger partial charge in [-0.25, -0.2) is 4.79 Å². The van der Waals surface area contributed by atoms with Crippen LogP contribution in [0.3, 0.4) is 0 Å². The third-order valence-corrected chi connectivity index (χ3v) is 4.91. The lowest BCUT2D eigenvalue weighted by Crippen LogP contribution is -2.29. The van der Waals surface area contributed by atoms with Crippen LogP contribution < -0.4 is 5.32 Å². The molecule has 3 rings (SSSR count). The Morgan fingerprint density at radius 1 is 1.04 bits per heavy atom. The summed E-state index contributed by atoms with van der Waals surface area (Å²) < 4.78 is 5.80. The minimum Gasteiger partial charge on any atom is -0.508 e. The molecule has 3 N–H and O–H groups in total. The molecule has 0 aliphatic carbocycles. The van der Waals surface area contributed by atoms with Gasteiger partial charge in [-0.3, -0.25) is 5.32 Å². The van der Waals surface area contributed by atoms with Gasteiger partial charge in [0.2, 0.25) is 0 Å². The fourth-order valence-corrected chi connectivity index (χ4v) is 3.33. The molecule has 0 heterocycles. The average Bonchev–Trinajstić information content (AvgIpc) is 2.67. The molecule has 5 nitrogen and oxygen atoms in total. The first-order chi connectivity index (χ1) is 13.4. The van der Waals surface area contributed by atoms with Crippen LogP contribution in [0.1, 0.15) is 31.9 Å². The summed E-state index contributed by atoms with van der Waals surface area (Å²) in [5, 5.41) is 23.8. The van der Waals surface area contributed by atoms with Crippen LogP contribution in [0, 0.1) is 5.41 Å². The third-order valence-electron chi connectivity index (χ3n) is 4.91. The van der Waals surface area contributed by atoms with Gasteiger partial charge in [0.15, 0.2) is 0 Å². The molecule has 0 aliphatic heterocycles. The minimum atomic E-state index is -0.588. The monoisotopic (exact) mass is 379 g/mol. The predicted molar refractivity (Wildman–Crippen MR) is 110 cm³/mol. The second-order valence-electron chi connectivity index (χ2n) is 7.49. The van der Waals surface area contributed by atoms with Crippen LogP contribution in [0.25, 0.3) is 10.8 Å². The Bertz CT molecular complexity index is 945. The molecule has 0 aliphatic rings. The predicted octanol–water partition coefficient (Wildman–Crippen LogP) is 5.24. The normalized spacial score (nSPS) is 12.5. The van der Waals surface area contributed by atoms with Crippen molar-refractivity contribution >= 4 is 22.6 Å². The number of phenolic OH excluding ortho intramolecular Hbond substituents is 1. The number of amides is 1. The topological polar surface area (TPSA) is 78.8 Å². The smallest absolute Gasteiger partial charge is 0.412 e. The number of hydrogen-bond acceptors (Lipinski definition) is 4. The number of hydrogen-bond donors (Lipinski definition) is 3. The van der Waals surface area contributed by atoms with Gasteiger partial charge in [-0.05, 0) is 35.6 Å². The van der Waals surface area contributed by atoms with Gasteiger partial charge in [0, 0.05) is 17.4 Å². The Hall–Kier alpha value is -3.05. The highest BCUT2D eigenvalue weighted by Crippen LogP contribution is 2.40. The van der Waals surface area contributed by atoms with Crippen molar-refractivity contribution in [3.63, 3.8) is 0 Å². The molecule has 0 saturated carbocycles. The zero-order valence-electron chi connectivity index (χ0n) is 16.1. The summed E-state index contributed by atoms with van der Waals surface area (Å²) >= 11 is 0. The van der Waals surface area contributed by atoms with E-state index in [0.29, 0.717) is 12.1 Å². The van der Waals surface area contributed by atoms with E-state index in [4.69, 9.17) is 4.74 Å². The number of carbonyl (C=O) groups is 1. The lowest BCUT2D eigenvalue weighted by atomic mass is 9.80. The molecule has 3 aromatic rings. The van der Waals surface area contributed by atoms with E-state index < -0.39 is 17.6 Å². The number of aromatic hydroxyl groups is 1. The van der Waals surface area contributed by atoms with E-state index in [0.717, 1.165) is 16.3 Å². The van der Waals surface area contributed by atoms with Gasteiger partial charge in [-0.1, -0.05) is 62.4 Å². The van der Waals surface area contributed by atoms with Crippen molar-refractivity contribution in [2.45, 2.75) is 26.4 Å². The van der Waals surface area contributed by atoms with Crippen molar-refractivity contribution in [3.05, 3.63) is 72.3 Å². The molecular formula is C23H25NO4. The molecule has 146 valence electrons. The van der Waals surface area contributed by atoms with Crippen molar-refractivity contribution in [1.82, 2.24) is 0 Å². The Kier molecular flexibility index (Phi) is 5.85. The highest BCUT2D eigenvalue weighted by molar-refractivity contribution is 6.00. The Morgan fingerprint density at radius 2 is 1.71 bits per heavy atom. The summed E-state index contributed by atoms with van der Waals surface area (Å²) in [5.74, 6) is 0.141. The maximum atomic E-state index is 12.7. The molecule has 1 amide bonds. The third kappa shape index (κ3) is 4.43. The van der Waals surface area contributed by atoms with E-state index in [2.05, 4.69) is 5.32 Å². The van der Waals surface area contributed by atoms with Crippen LogP contribution in [0.4, 0.5) is 10.5 Å². The van der Waals surface area contributed by atoms with Gasteiger partial charge < -0.3 is 14.9 Å². The number of nitrogens with one attached hydrogen (secondary N) is 1. The second-order valence-corrected chi connectivity index (χ2v) is 7.49. The Morgan fingerprint density at radius 3 is 2.43 bits per heavy atom. The van der Waals surface area contributed by atoms with Gasteiger partial charge in [0.05, 0.1) is 5.69 Å². The number of anilines is 1. The summed E-state index contributed by atoms with van der Waals surface area (Å²) in [6.45, 7) is 3.85. The van der Waals surface area contributed by atoms with E-state index in [-0.39, 0.29) is 12.4 Å². The van der Waals surface area contributed by atoms with Crippen molar-refractivity contribution in [2.24, 2.45) is 5.41 Å². The van der Waals surface area contributed by atoms with E-state index in [1.807, 2.05) is 56.3 Å². The van der Waals surface area contributed by atoms with E-state index in [1.165, 1.54) is 0 Å². The SMILES string of the molecule is CC(C)(CCO)[C@H](OC(=O)Nc1cccc2ccccc12)c1ccc(O)cc1. The Balaban J connectivity index is 1.85. The van der Waals surface area contributed by atoms with Crippen LogP contribution in [-0.4, -0.2) is 22.9 Å². The first-order valence-corrected chi connectivity index (χ1v) is 9.26. The molecule has 1 atom stereocenters.